The van der Waals surface area contributed by atoms with E-state index in [9.17, 15) is 26.3 Å². The summed E-state index contributed by atoms with van der Waals surface area (Å²) >= 11 is 0. The number of benzene rings is 12. The van der Waals surface area contributed by atoms with Crippen LogP contribution in [0.4, 0.5) is 26.3 Å². The van der Waals surface area contributed by atoms with Gasteiger partial charge in [-0.15, -0.1) is 0 Å². The zero-order valence-corrected chi connectivity index (χ0v) is 41.1. The number of para-hydroxylation sites is 4. The Kier molecular flexibility index (Phi) is 12.8. The second-order valence-corrected chi connectivity index (χ2v) is 18.6. The first-order valence-electron chi connectivity index (χ1n) is 24.9. The third-order valence-corrected chi connectivity index (χ3v) is 13.5. The minimum Gasteiger partial charge on any atom is -0.457 e. The predicted molar refractivity (Wildman–Crippen MR) is 297 cm³/mol. The fraction of sp³-hybridized carbons (Fsp3) is 0.0294. The first-order chi connectivity index (χ1) is 37.9. The topological polar surface area (TPSA) is 36.9 Å². The first kappa shape index (κ1) is 49.1. The van der Waals surface area contributed by atoms with Gasteiger partial charge in [0.15, 0.2) is 0 Å². The quantitative estimate of drug-likeness (QED) is 0.0903. The molecule has 0 unspecified atom stereocenters. The number of rotatable bonds is 12. The molecular weight excluding hydrogens is 995 g/mol. The van der Waals surface area contributed by atoms with Gasteiger partial charge in [-0.2, -0.15) is 26.3 Å². The van der Waals surface area contributed by atoms with E-state index in [1.54, 1.807) is 0 Å². The Morgan fingerprint density at radius 3 is 1.01 bits per heavy atom. The molecule has 12 aromatic carbocycles. The Balaban J connectivity index is 1.23. The van der Waals surface area contributed by atoms with Gasteiger partial charge in [-0.05, 0) is 204 Å². The van der Waals surface area contributed by atoms with Crippen molar-refractivity contribution in [1.29, 1.82) is 0 Å². The molecule has 0 N–H and O–H groups in total. The summed E-state index contributed by atoms with van der Waals surface area (Å²) in [4.78, 5) is 0. The molecule has 0 bridgehead atoms. The van der Waals surface area contributed by atoms with E-state index in [1.807, 2.05) is 206 Å². The average molecular weight is 1040 g/mol. The molecule has 0 spiro atoms. The number of fused-ring (bicyclic) bond motifs is 3. The van der Waals surface area contributed by atoms with Gasteiger partial charge in [0, 0.05) is 0 Å². The lowest BCUT2D eigenvalue weighted by molar-refractivity contribution is -0.138. The van der Waals surface area contributed by atoms with Crippen molar-refractivity contribution in [2.75, 3.05) is 0 Å². The first-order valence-corrected chi connectivity index (χ1v) is 24.9. The second kappa shape index (κ2) is 20.4. The molecular formula is C68H42F6O4. The van der Waals surface area contributed by atoms with E-state index in [0.717, 1.165) is 40.6 Å². The second-order valence-electron chi connectivity index (χ2n) is 18.6. The van der Waals surface area contributed by atoms with Crippen LogP contribution in [0.3, 0.4) is 0 Å². The summed E-state index contributed by atoms with van der Waals surface area (Å²) in [6, 6.07) is 73.8. The number of hydrogen-bond donors (Lipinski definition) is 0. The van der Waals surface area contributed by atoms with Gasteiger partial charge in [0.2, 0.25) is 0 Å². The van der Waals surface area contributed by atoms with Gasteiger partial charge in [-0.3, -0.25) is 0 Å². The lowest BCUT2D eigenvalue weighted by Gasteiger charge is -2.25. The normalized spacial score (nSPS) is 11.7. The Morgan fingerprint density at radius 1 is 0.244 bits per heavy atom. The summed E-state index contributed by atoms with van der Waals surface area (Å²) in [6.07, 6.45) is -9.28. The van der Waals surface area contributed by atoms with Crippen molar-refractivity contribution in [1.82, 2.24) is 0 Å². The van der Waals surface area contributed by atoms with Crippen LogP contribution in [0.5, 0.6) is 46.0 Å². The zero-order valence-electron chi connectivity index (χ0n) is 41.1. The number of halogens is 6. The standard InChI is InChI=1S/C68H42F6O4/c69-67(70,71)48-29-21-44(22-30-48)63-60-40-47-39-56(77-52-17-9-3-10-18-52)37-38-58(47)62(46-27-35-55(36-28-46)76-51-15-7-2-8-16-51)66(60)64(45-23-31-49(32-24-45)68(72,73)74)61-42-57(78-53-19-11-4-12-20-53)41-59(65(61)63)43-25-33-54(34-26-43)75-50-13-5-1-6-14-50/h1-42H. The van der Waals surface area contributed by atoms with E-state index in [1.165, 1.54) is 24.3 Å². The largest absolute Gasteiger partial charge is 0.457 e. The highest BCUT2D eigenvalue weighted by Crippen LogP contribution is 2.54. The third kappa shape index (κ3) is 10.1. The van der Waals surface area contributed by atoms with Gasteiger partial charge in [0.05, 0.1) is 11.1 Å². The minimum absolute atomic E-state index is 0.395. The molecule has 0 aliphatic carbocycles. The van der Waals surface area contributed by atoms with Crippen molar-refractivity contribution in [2.45, 2.75) is 12.4 Å². The molecule has 12 aromatic rings. The molecule has 0 radical (unpaired) electrons. The number of ether oxygens (including phenoxy) is 4. The predicted octanol–water partition coefficient (Wildman–Crippen LogP) is 21.0. The molecule has 78 heavy (non-hydrogen) atoms. The lowest BCUT2D eigenvalue weighted by Crippen LogP contribution is -2.04. The van der Waals surface area contributed by atoms with Crippen molar-refractivity contribution < 1.29 is 45.3 Å². The Bertz CT molecular complexity index is 4100. The summed E-state index contributed by atoms with van der Waals surface area (Å²) in [6.45, 7) is 0. The minimum atomic E-state index is -4.64. The van der Waals surface area contributed by atoms with E-state index in [0.29, 0.717) is 106 Å². The maximum Gasteiger partial charge on any atom is 0.416 e. The molecule has 0 heterocycles. The monoisotopic (exact) mass is 1040 g/mol. The smallest absolute Gasteiger partial charge is 0.416 e. The van der Waals surface area contributed by atoms with Crippen LogP contribution >= 0.6 is 0 Å². The Hall–Kier alpha value is -9.80. The van der Waals surface area contributed by atoms with Crippen LogP contribution in [0.2, 0.25) is 0 Å². The van der Waals surface area contributed by atoms with E-state index in [4.69, 9.17) is 18.9 Å². The summed E-state index contributed by atoms with van der Waals surface area (Å²) in [5.74, 6) is 4.41. The highest BCUT2D eigenvalue weighted by molar-refractivity contribution is 6.31. The van der Waals surface area contributed by atoms with Gasteiger partial charge in [0.25, 0.3) is 0 Å². The van der Waals surface area contributed by atoms with Crippen LogP contribution in [0.25, 0.3) is 76.8 Å². The highest BCUT2D eigenvalue weighted by Gasteiger charge is 2.32. The van der Waals surface area contributed by atoms with Crippen molar-refractivity contribution >= 4 is 32.3 Å². The highest BCUT2D eigenvalue weighted by atomic mass is 19.4. The molecule has 0 saturated heterocycles. The summed E-state index contributed by atoms with van der Waals surface area (Å²) < 4.78 is 113. The molecule has 0 aliphatic heterocycles. The fourth-order valence-corrected chi connectivity index (χ4v) is 9.99. The van der Waals surface area contributed by atoms with E-state index < -0.39 is 23.5 Å². The van der Waals surface area contributed by atoms with Gasteiger partial charge >= 0.3 is 12.4 Å². The molecule has 0 atom stereocenters. The maximum absolute atomic E-state index is 14.5. The van der Waals surface area contributed by atoms with Crippen molar-refractivity contribution in [3.8, 4) is 90.5 Å². The number of alkyl halides is 6. The molecule has 10 heteroatoms. The van der Waals surface area contributed by atoms with Crippen LogP contribution in [-0.2, 0) is 12.4 Å². The van der Waals surface area contributed by atoms with E-state index in [2.05, 4.69) is 0 Å². The summed E-state index contributed by atoms with van der Waals surface area (Å²) in [5, 5.41) is 3.85. The fourth-order valence-electron chi connectivity index (χ4n) is 9.99. The van der Waals surface area contributed by atoms with Gasteiger partial charge in [-0.25, -0.2) is 0 Å². The number of hydrogen-bond acceptors (Lipinski definition) is 4. The zero-order chi connectivity index (χ0) is 53.4. The van der Waals surface area contributed by atoms with E-state index in [-0.39, 0.29) is 0 Å². The van der Waals surface area contributed by atoms with E-state index >= 15 is 0 Å². The molecule has 380 valence electrons. The van der Waals surface area contributed by atoms with Crippen molar-refractivity contribution in [2.24, 2.45) is 0 Å². The third-order valence-electron chi connectivity index (χ3n) is 13.5. The lowest BCUT2D eigenvalue weighted by atomic mass is 9.79. The van der Waals surface area contributed by atoms with Crippen molar-refractivity contribution in [3.63, 3.8) is 0 Å². The Morgan fingerprint density at radius 2 is 0.577 bits per heavy atom. The Labute approximate surface area is 444 Å². The van der Waals surface area contributed by atoms with Gasteiger partial charge in [0.1, 0.15) is 46.0 Å². The van der Waals surface area contributed by atoms with Crippen LogP contribution in [0.1, 0.15) is 11.1 Å². The van der Waals surface area contributed by atoms with Crippen LogP contribution < -0.4 is 18.9 Å². The molecule has 0 fully saturated rings. The molecule has 0 saturated carbocycles. The van der Waals surface area contributed by atoms with Crippen LogP contribution in [-0.4, -0.2) is 0 Å². The molecule has 0 aromatic heterocycles. The molecule has 12 rings (SSSR count). The van der Waals surface area contributed by atoms with Crippen LogP contribution in [0, 0.1) is 0 Å². The van der Waals surface area contributed by atoms with Gasteiger partial charge < -0.3 is 18.9 Å². The SMILES string of the molecule is FC(F)(F)c1ccc(-c2c3cc4cc(Oc5ccccc5)ccc4c(-c4ccc(Oc5ccccc5)cc4)c3c(-c3ccc(C(F)(F)F)cc3)c3cc(Oc4ccccc4)cc(-c4ccc(Oc5ccccc5)cc4)c23)cc1. The average Bonchev–Trinajstić information content (AvgIpc) is 3.58. The maximum atomic E-state index is 14.5. The van der Waals surface area contributed by atoms with Crippen molar-refractivity contribution in [3.05, 3.63) is 266 Å². The molecule has 4 nitrogen and oxygen atoms in total. The van der Waals surface area contributed by atoms with Crippen LogP contribution in [0.15, 0.2) is 255 Å². The molecule has 0 amide bonds. The summed E-state index contributed by atoms with van der Waals surface area (Å²) in [5.41, 5.74) is 3.09. The van der Waals surface area contributed by atoms with Gasteiger partial charge in [-0.1, -0.05) is 127 Å². The molecule has 0 aliphatic rings. The summed E-state index contributed by atoms with van der Waals surface area (Å²) in [7, 11) is 0.